The summed E-state index contributed by atoms with van der Waals surface area (Å²) in [6.07, 6.45) is 0. The highest BCUT2D eigenvalue weighted by Crippen LogP contribution is 2.24. The van der Waals surface area contributed by atoms with E-state index in [1.165, 1.54) is 31.4 Å². The lowest BCUT2D eigenvalue weighted by Crippen LogP contribution is -2.04. The summed E-state index contributed by atoms with van der Waals surface area (Å²) in [5, 5.41) is 0.409. The first-order valence-corrected chi connectivity index (χ1v) is 6.52. The fourth-order valence-electron chi connectivity index (χ4n) is 1.65. The monoisotopic (exact) mass is 342 g/mol. The highest BCUT2D eigenvalue weighted by atomic mass is 79.9. The van der Waals surface area contributed by atoms with E-state index in [-0.39, 0.29) is 5.56 Å². The SMILES string of the molecule is COc1ccc(C(=O)c2cc(Cl)cc(Br)c2)c(F)c1. The number of carbonyl (C=O) groups excluding carboxylic acids is 1. The smallest absolute Gasteiger partial charge is 0.196 e. The van der Waals surface area contributed by atoms with Crippen molar-refractivity contribution in [3.8, 4) is 5.75 Å². The Morgan fingerprint density at radius 1 is 1.26 bits per heavy atom. The first-order chi connectivity index (χ1) is 9.01. The minimum atomic E-state index is -0.625. The molecule has 0 saturated heterocycles. The average molecular weight is 344 g/mol. The molecule has 0 radical (unpaired) electrons. The third kappa shape index (κ3) is 3.14. The van der Waals surface area contributed by atoms with E-state index in [1.54, 1.807) is 12.1 Å². The number of ether oxygens (including phenoxy) is 1. The fraction of sp³-hybridized carbons (Fsp3) is 0.0714. The maximum absolute atomic E-state index is 13.8. The van der Waals surface area contributed by atoms with Crippen LogP contribution in [-0.2, 0) is 0 Å². The van der Waals surface area contributed by atoms with Gasteiger partial charge >= 0.3 is 0 Å². The Labute approximate surface area is 123 Å². The van der Waals surface area contributed by atoms with Crippen LogP contribution in [0.3, 0.4) is 0 Å². The lowest BCUT2D eigenvalue weighted by molar-refractivity contribution is 0.103. The average Bonchev–Trinajstić information content (AvgIpc) is 2.36. The van der Waals surface area contributed by atoms with Crippen LogP contribution in [0.2, 0.25) is 5.02 Å². The van der Waals surface area contributed by atoms with Gasteiger partial charge in [0.25, 0.3) is 0 Å². The van der Waals surface area contributed by atoms with E-state index in [9.17, 15) is 9.18 Å². The van der Waals surface area contributed by atoms with Crippen molar-refractivity contribution in [3.05, 3.63) is 62.8 Å². The molecule has 19 heavy (non-hydrogen) atoms. The largest absolute Gasteiger partial charge is 0.497 e. The number of rotatable bonds is 3. The van der Waals surface area contributed by atoms with Crippen LogP contribution in [0.1, 0.15) is 15.9 Å². The molecule has 2 aromatic rings. The standard InChI is InChI=1S/C14H9BrClFO2/c1-19-11-2-3-12(13(17)7-11)14(18)8-4-9(15)6-10(16)5-8/h2-7H,1H3. The van der Waals surface area contributed by atoms with Crippen LogP contribution in [-0.4, -0.2) is 12.9 Å². The summed E-state index contributed by atoms with van der Waals surface area (Å²) in [5.41, 5.74) is 0.304. The molecule has 0 amide bonds. The number of benzene rings is 2. The Hall–Kier alpha value is -1.39. The topological polar surface area (TPSA) is 26.3 Å². The van der Waals surface area contributed by atoms with Gasteiger partial charge in [-0.2, -0.15) is 0 Å². The Kier molecular flexibility index (Phi) is 4.22. The van der Waals surface area contributed by atoms with Crippen molar-refractivity contribution >= 4 is 33.3 Å². The maximum Gasteiger partial charge on any atom is 0.196 e. The zero-order valence-corrected chi connectivity index (χ0v) is 12.3. The zero-order valence-electron chi connectivity index (χ0n) is 9.91. The summed E-state index contributed by atoms with van der Waals surface area (Å²) >= 11 is 9.12. The van der Waals surface area contributed by atoms with Gasteiger partial charge < -0.3 is 4.74 Å². The van der Waals surface area contributed by atoms with Gasteiger partial charge in [0.1, 0.15) is 11.6 Å². The normalized spacial score (nSPS) is 10.3. The molecule has 0 heterocycles. The molecule has 5 heteroatoms. The zero-order chi connectivity index (χ0) is 14.0. The van der Waals surface area contributed by atoms with Crippen LogP contribution < -0.4 is 4.74 Å². The third-order valence-corrected chi connectivity index (χ3v) is 3.22. The molecular formula is C14H9BrClFO2. The molecule has 0 spiro atoms. The van der Waals surface area contributed by atoms with Crippen LogP contribution in [0.25, 0.3) is 0 Å². The second-order valence-corrected chi connectivity index (χ2v) is 5.19. The first-order valence-electron chi connectivity index (χ1n) is 5.35. The second-order valence-electron chi connectivity index (χ2n) is 3.83. The van der Waals surface area contributed by atoms with Crippen molar-refractivity contribution in [2.24, 2.45) is 0 Å². The molecule has 0 aliphatic carbocycles. The predicted molar refractivity (Wildman–Crippen MR) is 75.5 cm³/mol. The first kappa shape index (κ1) is 14.0. The Balaban J connectivity index is 2.44. The third-order valence-electron chi connectivity index (χ3n) is 2.55. The van der Waals surface area contributed by atoms with E-state index in [0.717, 1.165) is 0 Å². The molecule has 98 valence electrons. The van der Waals surface area contributed by atoms with Gasteiger partial charge in [-0.15, -0.1) is 0 Å². The van der Waals surface area contributed by atoms with Crippen LogP contribution >= 0.6 is 27.5 Å². The van der Waals surface area contributed by atoms with Gasteiger partial charge in [0.05, 0.1) is 12.7 Å². The van der Waals surface area contributed by atoms with Gasteiger partial charge in [-0.3, -0.25) is 4.79 Å². The van der Waals surface area contributed by atoms with Gasteiger partial charge in [-0.05, 0) is 30.3 Å². The van der Waals surface area contributed by atoms with Crippen molar-refractivity contribution < 1.29 is 13.9 Å². The summed E-state index contributed by atoms with van der Waals surface area (Å²) in [5.74, 6) is -0.690. The van der Waals surface area contributed by atoms with Crippen LogP contribution in [0, 0.1) is 5.82 Å². The number of methoxy groups -OCH3 is 1. The van der Waals surface area contributed by atoms with Crippen LogP contribution in [0.4, 0.5) is 4.39 Å². The molecule has 2 rings (SSSR count). The number of halogens is 3. The van der Waals surface area contributed by atoms with Crippen molar-refractivity contribution in [1.82, 2.24) is 0 Å². The van der Waals surface area contributed by atoms with E-state index in [1.807, 2.05) is 0 Å². The number of carbonyl (C=O) groups is 1. The van der Waals surface area contributed by atoms with E-state index in [2.05, 4.69) is 15.9 Å². The number of ketones is 1. The van der Waals surface area contributed by atoms with Crippen molar-refractivity contribution in [2.75, 3.05) is 7.11 Å². The Bertz CT molecular complexity index is 623. The van der Waals surface area contributed by atoms with E-state index in [4.69, 9.17) is 16.3 Å². The molecule has 2 aromatic carbocycles. The maximum atomic E-state index is 13.8. The highest BCUT2D eigenvalue weighted by molar-refractivity contribution is 9.10. The molecule has 0 bridgehead atoms. The molecule has 0 saturated carbocycles. The molecule has 0 fully saturated rings. The molecule has 0 atom stereocenters. The van der Waals surface area contributed by atoms with Crippen LogP contribution in [0.15, 0.2) is 40.9 Å². The minimum absolute atomic E-state index is 0.0185. The molecule has 0 aliphatic rings. The van der Waals surface area contributed by atoms with Gasteiger partial charge in [-0.25, -0.2) is 4.39 Å². The van der Waals surface area contributed by atoms with E-state index in [0.29, 0.717) is 20.8 Å². The van der Waals surface area contributed by atoms with E-state index < -0.39 is 11.6 Å². The summed E-state index contributed by atoms with van der Waals surface area (Å²) in [6.45, 7) is 0. The lowest BCUT2D eigenvalue weighted by atomic mass is 10.0. The molecule has 2 nitrogen and oxygen atoms in total. The fourth-order valence-corrected chi connectivity index (χ4v) is 2.51. The summed E-state index contributed by atoms with van der Waals surface area (Å²) in [7, 11) is 1.43. The number of hydrogen-bond acceptors (Lipinski definition) is 2. The van der Waals surface area contributed by atoms with Gasteiger partial charge in [0.2, 0.25) is 0 Å². The van der Waals surface area contributed by atoms with E-state index >= 15 is 0 Å². The number of hydrogen-bond donors (Lipinski definition) is 0. The minimum Gasteiger partial charge on any atom is -0.497 e. The quantitative estimate of drug-likeness (QED) is 0.768. The molecule has 0 unspecified atom stereocenters. The second kappa shape index (κ2) is 5.72. The Morgan fingerprint density at radius 3 is 2.58 bits per heavy atom. The summed E-state index contributed by atoms with van der Waals surface area (Å²) in [6, 6.07) is 8.85. The summed E-state index contributed by atoms with van der Waals surface area (Å²) < 4.78 is 19.4. The Morgan fingerprint density at radius 2 is 2.00 bits per heavy atom. The van der Waals surface area contributed by atoms with Gasteiger partial charge in [0.15, 0.2) is 5.78 Å². The lowest BCUT2D eigenvalue weighted by Gasteiger charge is -2.06. The molecule has 0 N–H and O–H groups in total. The van der Waals surface area contributed by atoms with Crippen molar-refractivity contribution in [2.45, 2.75) is 0 Å². The molecule has 0 aliphatic heterocycles. The highest BCUT2D eigenvalue weighted by Gasteiger charge is 2.15. The van der Waals surface area contributed by atoms with Gasteiger partial charge in [0, 0.05) is 21.1 Å². The van der Waals surface area contributed by atoms with Crippen LogP contribution in [0.5, 0.6) is 5.75 Å². The van der Waals surface area contributed by atoms with Gasteiger partial charge in [-0.1, -0.05) is 27.5 Å². The predicted octanol–water partition coefficient (Wildman–Crippen LogP) is 4.48. The summed E-state index contributed by atoms with van der Waals surface area (Å²) in [4.78, 5) is 12.2. The molecular weight excluding hydrogens is 335 g/mol. The van der Waals surface area contributed by atoms with Crippen molar-refractivity contribution in [1.29, 1.82) is 0 Å². The van der Waals surface area contributed by atoms with Crippen molar-refractivity contribution in [3.63, 3.8) is 0 Å². The molecule has 0 aromatic heterocycles.